The third-order valence-corrected chi connectivity index (χ3v) is 4.78. The summed E-state index contributed by atoms with van der Waals surface area (Å²) >= 11 is 6.39. The molecule has 1 fully saturated rings. The van der Waals surface area contributed by atoms with Crippen molar-refractivity contribution in [1.29, 1.82) is 0 Å². The number of carbonyl (C=O) groups excluding carboxylic acids is 1. The number of alkyl halides is 1. The fraction of sp³-hybridized carbons (Fsp3) is 0.611. The highest BCUT2D eigenvalue weighted by Gasteiger charge is 2.24. The molecule has 1 saturated carbocycles. The molecule has 2 unspecified atom stereocenters. The Hall–Kier alpha value is -1.02. The van der Waals surface area contributed by atoms with Crippen LogP contribution < -0.4 is 5.32 Å². The Morgan fingerprint density at radius 3 is 2.33 bits per heavy atom. The summed E-state index contributed by atoms with van der Waals surface area (Å²) in [6.45, 7) is 6.52. The van der Waals surface area contributed by atoms with Crippen LogP contribution in [0, 0.1) is 0 Å². The van der Waals surface area contributed by atoms with Gasteiger partial charge < -0.3 is 5.32 Å². The summed E-state index contributed by atoms with van der Waals surface area (Å²) in [4.78, 5) is 12.4. The molecule has 1 amide bonds. The first-order valence-electron chi connectivity index (χ1n) is 7.93. The molecule has 2 nitrogen and oxygen atoms in total. The molecular formula is C18H26ClNO. The Morgan fingerprint density at radius 1 is 1.10 bits per heavy atom. The van der Waals surface area contributed by atoms with Crippen LogP contribution in [0.2, 0.25) is 0 Å². The van der Waals surface area contributed by atoms with Crippen molar-refractivity contribution in [2.24, 2.45) is 0 Å². The van der Waals surface area contributed by atoms with Gasteiger partial charge in [0.25, 0.3) is 5.91 Å². The van der Waals surface area contributed by atoms with Gasteiger partial charge in [-0.15, -0.1) is 11.6 Å². The van der Waals surface area contributed by atoms with Gasteiger partial charge >= 0.3 is 0 Å². The topological polar surface area (TPSA) is 29.1 Å². The molecule has 116 valence electrons. The van der Waals surface area contributed by atoms with E-state index in [1.807, 2.05) is 24.3 Å². The van der Waals surface area contributed by atoms with E-state index >= 15 is 0 Å². The average Bonchev–Trinajstić information content (AvgIpc) is 2.63. The highest BCUT2D eigenvalue weighted by molar-refractivity contribution is 6.21. The first-order valence-corrected chi connectivity index (χ1v) is 8.37. The van der Waals surface area contributed by atoms with Crippen LogP contribution in [0.1, 0.15) is 68.8 Å². The van der Waals surface area contributed by atoms with Gasteiger partial charge in [0.1, 0.15) is 0 Å². The number of halogens is 1. The second kappa shape index (κ2) is 6.83. The Balaban J connectivity index is 2.02. The summed E-state index contributed by atoms with van der Waals surface area (Å²) in [5.41, 5.74) is 2.07. The van der Waals surface area contributed by atoms with Crippen molar-refractivity contribution in [3.05, 3.63) is 35.4 Å². The van der Waals surface area contributed by atoms with E-state index in [4.69, 9.17) is 11.6 Å². The smallest absolute Gasteiger partial charge is 0.251 e. The molecule has 1 aliphatic rings. The third-order valence-electron chi connectivity index (χ3n) is 4.26. The summed E-state index contributed by atoms with van der Waals surface area (Å²) in [5.74, 6) is -0.00647. The predicted molar refractivity (Wildman–Crippen MR) is 89.1 cm³/mol. The van der Waals surface area contributed by atoms with Gasteiger partial charge in [0, 0.05) is 11.6 Å². The van der Waals surface area contributed by atoms with Crippen LogP contribution in [0.25, 0.3) is 0 Å². The zero-order chi connectivity index (χ0) is 15.5. The quantitative estimate of drug-likeness (QED) is 0.625. The number of hydrogen-bond acceptors (Lipinski definition) is 1. The Morgan fingerprint density at radius 2 is 1.71 bits per heavy atom. The predicted octanol–water partition coefficient (Wildman–Crippen LogP) is 4.65. The van der Waals surface area contributed by atoms with E-state index in [2.05, 4.69) is 26.1 Å². The van der Waals surface area contributed by atoms with E-state index in [0.717, 1.165) is 24.8 Å². The summed E-state index contributed by atoms with van der Waals surface area (Å²) < 4.78 is 0. The molecule has 1 aromatic rings. The number of carbonyl (C=O) groups is 1. The molecule has 0 aliphatic heterocycles. The minimum Gasteiger partial charge on any atom is -0.348 e. The molecule has 21 heavy (non-hydrogen) atoms. The first-order chi connectivity index (χ1) is 9.88. The lowest BCUT2D eigenvalue weighted by molar-refractivity contribution is 0.0934. The van der Waals surface area contributed by atoms with Gasteiger partial charge in [-0.2, -0.15) is 0 Å². The van der Waals surface area contributed by atoms with Crippen LogP contribution in [0.5, 0.6) is 0 Å². The van der Waals surface area contributed by atoms with Crippen molar-refractivity contribution in [2.45, 2.75) is 69.7 Å². The summed E-state index contributed by atoms with van der Waals surface area (Å²) in [6.07, 6.45) is 5.52. The monoisotopic (exact) mass is 307 g/mol. The summed E-state index contributed by atoms with van der Waals surface area (Å²) in [7, 11) is 0. The van der Waals surface area contributed by atoms with Gasteiger partial charge in [0.05, 0.1) is 5.38 Å². The lowest BCUT2D eigenvalue weighted by atomic mass is 9.86. The van der Waals surface area contributed by atoms with Gasteiger partial charge in [0.2, 0.25) is 0 Å². The van der Waals surface area contributed by atoms with E-state index in [0.29, 0.717) is 0 Å². The average molecular weight is 308 g/mol. The lowest BCUT2D eigenvalue weighted by Gasteiger charge is -2.22. The van der Waals surface area contributed by atoms with Crippen LogP contribution in [-0.2, 0) is 5.41 Å². The molecule has 1 aliphatic carbocycles. The van der Waals surface area contributed by atoms with Crippen molar-refractivity contribution in [2.75, 3.05) is 0 Å². The first kappa shape index (κ1) is 16.4. The van der Waals surface area contributed by atoms with Crippen LogP contribution in [0.4, 0.5) is 0 Å². The zero-order valence-corrected chi connectivity index (χ0v) is 14.0. The van der Waals surface area contributed by atoms with Crippen LogP contribution in [0.3, 0.4) is 0 Å². The number of hydrogen-bond donors (Lipinski definition) is 1. The number of nitrogens with one attached hydrogen (secondary N) is 1. The number of rotatable bonds is 2. The maximum Gasteiger partial charge on any atom is 0.251 e. The van der Waals surface area contributed by atoms with Gasteiger partial charge in [-0.05, 0) is 36.0 Å². The second-order valence-corrected chi connectivity index (χ2v) is 7.62. The summed E-state index contributed by atoms with van der Waals surface area (Å²) in [6, 6.07) is 8.01. The number of benzene rings is 1. The van der Waals surface area contributed by atoms with E-state index in [9.17, 15) is 4.79 Å². The fourth-order valence-corrected chi connectivity index (χ4v) is 3.14. The van der Waals surface area contributed by atoms with E-state index in [1.54, 1.807) is 0 Å². The SMILES string of the molecule is CC(C)(C)c1ccc(C(=O)NC2CCCCCC2Cl)cc1. The van der Waals surface area contributed by atoms with Crippen LogP contribution >= 0.6 is 11.6 Å². The fourth-order valence-electron chi connectivity index (χ4n) is 2.80. The minimum atomic E-state index is -0.00647. The Kier molecular flexibility index (Phi) is 5.32. The molecule has 0 heterocycles. The molecular weight excluding hydrogens is 282 g/mol. The van der Waals surface area contributed by atoms with Crippen molar-refractivity contribution in [1.82, 2.24) is 5.32 Å². The Labute approximate surface area is 133 Å². The van der Waals surface area contributed by atoms with Gasteiger partial charge in [-0.25, -0.2) is 0 Å². The molecule has 1 N–H and O–H groups in total. The largest absolute Gasteiger partial charge is 0.348 e. The van der Waals surface area contributed by atoms with E-state index in [-0.39, 0.29) is 22.7 Å². The van der Waals surface area contributed by atoms with Crippen LogP contribution in [0.15, 0.2) is 24.3 Å². The van der Waals surface area contributed by atoms with Crippen LogP contribution in [-0.4, -0.2) is 17.3 Å². The second-order valence-electron chi connectivity index (χ2n) is 7.06. The maximum atomic E-state index is 12.4. The van der Waals surface area contributed by atoms with Gasteiger partial charge in [-0.1, -0.05) is 52.2 Å². The molecule has 0 aromatic heterocycles. The third kappa shape index (κ3) is 4.47. The molecule has 2 atom stereocenters. The van der Waals surface area contributed by atoms with Crippen molar-refractivity contribution >= 4 is 17.5 Å². The molecule has 2 rings (SSSR count). The molecule has 3 heteroatoms. The molecule has 1 aromatic carbocycles. The number of amides is 1. The van der Waals surface area contributed by atoms with Gasteiger partial charge in [0.15, 0.2) is 0 Å². The lowest BCUT2D eigenvalue weighted by Crippen LogP contribution is -2.40. The molecule has 0 spiro atoms. The van der Waals surface area contributed by atoms with Crippen molar-refractivity contribution < 1.29 is 4.79 Å². The highest BCUT2D eigenvalue weighted by Crippen LogP contribution is 2.24. The summed E-state index contributed by atoms with van der Waals surface area (Å²) in [5, 5.41) is 3.17. The highest BCUT2D eigenvalue weighted by atomic mass is 35.5. The molecule has 0 bridgehead atoms. The van der Waals surface area contributed by atoms with Crippen molar-refractivity contribution in [3.63, 3.8) is 0 Å². The molecule has 0 radical (unpaired) electrons. The van der Waals surface area contributed by atoms with Crippen molar-refractivity contribution in [3.8, 4) is 0 Å². The zero-order valence-electron chi connectivity index (χ0n) is 13.3. The minimum absolute atomic E-state index is 0.00647. The van der Waals surface area contributed by atoms with E-state index < -0.39 is 0 Å². The maximum absolute atomic E-state index is 12.4. The molecule has 0 saturated heterocycles. The standard InChI is InChI=1S/C18H26ClNO/c1-18(2,3)14-11-9-13(10-12-14)17(21)20-16-8-6-4-5-7-15(16)19/h9-12,15-16H,4-8H2,1-3H3,(H,20,21). The van der Waals surface area contributed by atoms with E-state index in [1.165, 1.54) is 18.4 Å². The Bertz CT molecular complexity index is 475. The van der Waals surface area contributed by atoms with Gasteiger partial charge in [-0.3, -0.25) is 4.79 Å². The normalized spacial score (nSPS) is 23.4.